The van der Waals surface area contributed by atoms with Crippen molar-refractivity contribution in [3.05, 3.63) is 48.6 Å². The first kappa shape index (κ1) is 56.3. The average Bonchev–Trinajstić information content (AvgIpc) is 3.19. The fraction of sp³-hybridized carbons (Fsp3) is 0.784. The van der Waals surface area contributed by atoms with Crippen molar-refractivity contribution in [2.24, 2.45) is 0 Å². The molecule has 0 rings (SSSR count). The standard InChI is InChI=1S/C51H91NO7/c1-6-8-10-12-14-16-18-20-22-24-26-27-29-31-33-35-37-39-41-49(53)58-46-47(45-57-44-43-48(51(55)56)52(3,4)5)59-50(54)42-40-38-36-34-32-30-28-25-23-21-19-17-15-13-11-9-7-2/h9,11,15,17,21,23,28,30,47-48H,6-8,10,12-14,16,18-20,22,24-27,29,31-46H2,1-5H3/p+1/b11-9-,17-15-,23-21-,30-28-. The number of ether oxygens (including phenoxy) is 3. The van der Waals surface area contributed by atoms with E-state index in [9.17, 15) is 19.5 Å². The third kappa shape index (κ3) is 40.5. The normalized spacial score (nSPS) is 13.3. The number of carboxylic acid groups (broad SMARTS) is 1. The van der Waals surface area contributed by atoms with Gasteiger partial charge in [-0.15, -0.1) is 0 Å². The van der Waals surface area contributed by atoms with Gasteiger partial charge in [0.2, 0.25) is 0 Å². The van der Waals surface area contributed by atoms with Gasteiger partial charge in [-0.2, -0.15) is 0 Å². The van der Waals surface area contributed by atoms with Gasteiger partial charge in [0.05, 0.1) is 34.4 Å². The summed E-state index contributed by atoms with van der Waals surface area (Å²) >= 11 is 0. The van der Waals surface area contributed by atoms with E-state index < -0.39 is 18.1 Å². The first-order valence-electron chi connectivity index (χ1n) is 24.2. The molecule has 8 heteroatoms. The van der Waals surface area contributed by atoms with Crippen LogP contribution in [0.25, 0.3) is 0 Å². The molecule has 1 N–H and O–H groups in total. The Balaban J connectivity index is 4.31. The molecule has 0 heterocycles. The molecule has 0 aliphatic rings. The Kier molecular flexibility index (Phi) is 40.1. The lowest BCUT2D eigenvalue weighted by Gasteiger charge is -2.31. The van der Waals surface area contributed by atoms with E-state index in [1.165, 1.54) is 96.3 Å². The maximum Gasteiger partial charge on any atom is 0.362 e. The van der Waals surface area contributed by atoms with E-state index >= 15 is 0 Å². The second kappa shape index (κ2) is 42.0. The molecule has 59 heavy (non-hydrogen) atoms. The molecule has 2 unspecified atom stereocenters. The van der Waals surface area contributed by atoms with E-state index in [0.29, 0.717) is 19.3 Å². The second-order valence-electron chi connectivity index (χ2n) is 17.3. The number of hydrogen-bond donors (Lipinski definition) is 1. The molecule has 0 radical (unpaired) electrons. The molecule has 0 aromatic carbocycles. The number of quaternary nitrogens is 1. The predicted octanol–water partition coefficient (Wildman–Crippen LogP) is 13.6. The topological polar surface area (TPSA) is 99.1 Å². The van der Waals surface area contributed by atoms with Crippen LogP contribution in [0.1, 0.15) is 206 Å². The van der Waals surface area contributed by atoms with Crippen molar-refractivity contribution in [1.82, 2.24) is 0 Å². The molecule has 8 nitrogen and oxygen atoms in total. The van der Waals surface area contributed by atoms with Crippen molar-refractivity contribution in [1.29, 1.82) is 0 Å². The molecule has 0 spiro atoms. The Morgan fingerprint density at radius 2 is 0.949 bits per heavy atom. The maximum absolute atomic E-state index is 12.8. The van der Waals surface area contributed by atoms with Gasteiger partial charge < -0.3 is 23.8 Å². The summed E-state index contributed by atoms with van der Waals surface area (Å²) in [5.41, 5.74) is 0. The number of esters is 2. The van der Waals surface area contributed by atoms with Crippen LogP contribution in [0.4, 0.5) is 0 Å². The van der Waals surface area contributed by atoms with Gasteiger partial charge in [-0.25, -0.2) is 4.79 Å². The van der Waals surface area contributed by atoms with Gasteiger partial charge in [0.15, 0.2) is 12.1 Å². The third-order valence-corrected chi connectivity index (χ3v) is 10.7. The summed E-state index contributed by atoms with van der Waals surface area (Å²) in [6, 6.07) is -0.619. The molecule has 0 saturated carbocycles. The molecular weight excluding hydrogens is 739 g/mol. The molecule has 0 amide bonds. The molecule has 0 saturated heterocycles. The highest BCUT2D eigenvalue weighted by Crippen LogP contribution is 2.16. The summed E-state index contributed by atoms with van der Waals surface area (Å²) in [5.74, 6) is -1.49. The van der Waals surface area contributed by atoms with Gasteiger partial charge in [0.1, 0.15) is 6.61 Å². The largest absolute Gasteiger partial charge is 0.477 e. The number of carboxylic acids is 1. The van der Waals surface area contributed by atoms with Crippen molar-refractivity contribution in [3.8, 4) is 0 Å². The van der Waals surface area contributed by atoms with E-state index in [1.54, 1.807) is 0 Å². The Hall–Kier alpha value is -2.71. The van der Waals surface area contributed by atoms with Crippen molar-refractivity contribution in [3.63, 3.8) is 0 Å². The lowest BCUT2D eigenvalue weighted by molar-refractivity contribution is -0.887. The van der Waals surface area contributed by atoms with E-state index in [0.717, 1.165) is 77.0 Å². The zero-order valence-corrected chi connectivity index (χ0v) is 39.0. The van der Waals surface area contributed by atoms with Crippen LogP contribution < -0.4 is 0 Å². The SMILES string of the molecule is CC/C=C\C/C=C\C/C=C\C/C=C\CCCCCCC(=O)OC(COCCC(C(=O)O)[N+](C)(C)C)COC(=O)CCCCCCCCCCCCCCCCCCCC. The molecule has 0 aromatic rings. The quantitative estimate of drug-likeness (QED) is 0.0283. The summed E-state index contributed by atoms with van der Waals surface area (Å²) in [4.78, 5) is 37.1. The van der Waals surface area contributed by atoms with Crippen LogP contribution in [0.3, 0.4) is 0 Å². The molecule has 0 aromatic heterocycles. The number of aliphatic carboxylic acids is 1. The van der Waals surface area contributed by atoms with Crippen LogP contribution in [0.2, 0.25) is 0 Å². The Bertz CT molecular complexity index is 1110. The first-order valence-corrected chi connectivity index (χ1v) is 24.2. The van der Waals surface area contributed by atoms with Crippen LogP contribution in [0.15, 0.2) is 48.6 Å². The van der Waals surface area contributed by atoms with Gasteiger partial charge in [-0.05, 0) is 51.4 Å². The summed E-state index contributed by atoms with van der Waals surface area (Å²) in [6.07, 6.45) is 50.1. The first-order chi connectivity index (χ1) is 28.6. The molecule has 342 valence electrons. The Labute approximate surface area is 363 Å². The smallest absolute Gasteiger partial charge is 0.362 e. The van der Waals surface area contributed by atoms with E-state index in [-0.39, 0.29) is 36.2 Å². The number of carbonyl (C=O) groups excluding carboxylic acids is 2. The summed E-state index contributed by atoms with van der Waals surface area (Å²) in [6.45, 7) is 4.62. The Morgan fingerprint density at radius 3 is 1.41 bits per heavy atom. The van der Waals surface area contributed by atoms with Crippen LogP contribution >= 0.6 is 0 Å². The molecule has 0 bridgehead atoms. The summed E-state index contributed by atoms with van der Waals surface area (Å²) in [5, 5.41) is 9.64. The minimum Gasteiger partial charge on any atom is -0.477 e. The molecule has 0 aliphatic heterocycles. The zero-order chi connectivity index (χ0) is 43.5. The van der Waals surface area contributed by atoms with Crippen LogP contribution in [0, 0.1) is 0 Å². The van der Waals surface area contributed by atoms with Crippen LogP contribution in [-0.4, -0.2) is 80.6 Å². The lowest BCUT2D eigenvalue weighted by atomic mass is 10.0. The molecule has 0 aliphatic carbocycles. The van der Waals surface area contributed by atoms with E-state index in [4.69, 9.17) is 14.2 Å². The van der Waals surface area contributed by atoms with Gasteiger partial charge in [0.25, 0.3) is 0 Å². The zero-order valence-electron chi connectivity index (χ0n) is 39.0. The fourth-order valence-corrected chi connectivity index (χ4v) is 7.02. The minimum atomic E-state index is -0.879. The van der Waals surface area contributed by atoms with Crippen LogP contribution in [0.5, 0.6) is 0 Å². The number of likely N-dealkylation sites (N-methyl/N-ethyl adjacent to an activating group) is 1. The third-order valence-electron chi connectivity index (χ3n) is 10.7. The van der Waals surface area contributed by atoms with Gasteiger partial charge in [-0.3, -0.25) is 9.59 Å². The van der Waals surface area contributed by atoms with E-state index in [1.807, 2.05) is 21.1 Å². The van der Waals surface area contributed by atoms with Crippen molar-refractivity contribution < 1.29 is 38.2 Å². The van der Waals surface area contributed by atoms with E-state index in [2.05, 4.69) is 62.5 Å². The maximum atomic E-state index is 12.8. The average molecular weight is 831 g/mol. The highest BCUT2D eigenvalue weighted by Gasteiger charge is 2.31. The summed E-state index contributed by atoms with van der Waals surface area (Å²) < 4.78 is 17.3. The molecule has 0 fully saturated rings. The highest BCUT2D eigenvalue weighted by molar-refractivity contribution is 5.72. The van der Waals surface area contributed by atoms with Gasteiger partial charge in [-0.1, -0.05) is 184 Å². The van der Waals surface area contributed by atoms with Crippen LogP contribution in [-0.2, 0) is 28.6 Å². The van der Waals surface area contributed by atoms with Gasteiger partial charge >= 0.3 is 17.9 Å². The number of carbonyl (C=O) groups is 3. The number of hydrogen-bond acceptors (Lipinski definition) is 6. The summed E-state index contributed by atoms with van der Waals surface area (Å²) in [7, 11) is 5.52. The van der Waals surface area contributed by atoms with Crippen molar-refractivity contribution in [2.75, 3.05) is 41.0 Å². The van der Waals surface area contributed by atoms with Crippen molar-refractivity contribution >= 4 is 17.9 Å². The second-order valence-corrected chi connectivity index (χ2v) is 17.3. The lowest BCUT2D eigenvalue weighted by Crippen LogP contribution is -2.50. The molecular formula is C51H92NO7+. The minimum absolute atomic E-state index is 0.0521. The van der Waals surface area contributed by atoms with Crippen molar-refractivity contribution in [2.45, 2.75) is 219 Å². The highest BCUT2D eigenvalue weighted by atomic mass is 16.6. The van der Waals surface area contributed by atoms with Gasteiger partial charge in [0, 0.05) is 19.3 Å². The molecule has 2 atom stereocenters. The monoisotopic (exact) mass is 831 g/mol. The fourth-order valence-electron chi connectivity index (χ4n) is 7.02. The number of rotatable bonds is 43. The predicted molar refractivity (Wildman–Crippen MR) is 248 cm³/mol. The number of allylic oxidation sites excluding steroid dienone is 8. The Morgan fingerprint density at radius 1 is 0.525 bits per heavy atom. The number of unbranched alkanes of at least 4 members (excludes halogenated alkanes) is 21. The number of nitrogens with zero attached hydrogens (tertiary/aromatic N) is 1.